The van der Waals surface area contributed by atoms with Gasteiger partial charge in [-0.2, -0.15) is 0 Å². The van der Waals surface area contributed by atoms with E-state index in [4.69, 9.17) is 37.1 Å². The van der Waals surface area contributed by atoms with Crippen molar-refractivity contribution in [1.82, 2.24) is 0 Å². The fourth-order valence-corrected chi connectivity index (χ4v) is 0.335. The van der Waals surface area contributed by atoms with Crippen molar-refractivity contribution in [3.63, 3.8) is 0 Å². The van der Waals surface area contributed by atoms with E-state index >= 15 is 0 Å². The molecule has 1 heterocycles. The zero-order valence-electron chi connectivity index (χ0n) is 7.15. The Kier molecular flexibility index (Phi) is 12.7. The van der Waals surface area contributed by atoms with Crippen molar-refractivity contribution in [2.75, 3.05) is 19.0 Å². The number of halogens is 1. The summed E-state index contributed by atoms with van der Waals surface area (Å²) in [5.41, 5.74) is 4.91. The number of ether oxygens (including phenoxy) is 1. The fourth-order valence-electron chi connectivity index (χ4n) is 0.157. The highest BCUT2D eigenvalue weighted by atomic mass is 35.5. The third kappa shape index (κ3) is 35.0. The standard InChI is InChI=1S/C3H5ClO.C3H7N.CH2O3/c4-1-3-2-5-3;1-2-3-4;2-1(3)4/h3H,1-2H2;2H,1,3-4H2;(H2,2,3,4)/t3-;;/m1../s1. The quantitative estimate of drug-likeness (QED) is 0.359. The molecule has 0 aromatic heterocycles. The molecule has 1 atom stereocenters. The molecule has 0 aliphatic carbocycles. The maximum Gasteiger partial charge on any atom is 0.503 e. The summed E-state index contributed by atoms with van der Waals surface area (Å²) in [6.07, 6.45) is 0.219. The number of hydrogen-bond donors (Lipinski definition) is 3. The lowest BCUT2D eigenvalue weighted by molar-refractivity contribution is 0.137. The molecule has 0 amide bonds. The Morgan fingerprint density at radius 3 is 2.08 bits per heavy atom. The Morgan fingerprint density at radius 2 is 2.08 bits per heavy atom. The minimum absolute atomic E-state index is 0.400. The molecule has 1 fully saturated rings. The zero-order chi connectivity index (χ0) is 10.7. The Balaban J connectivity index is 0. The van der Waals surface area contributed by atoms with Crippen molar-refractivity contribution in [3.05, 3.63) is 12.7 Å². The summed E-state index contributed by atoms with van der Waals surface area (Å²) in [4.78, 5) is 8.56. The number of carboxylic acid groups (broad SMARTS) is 2. The van der Waals surface area contributed by atoms with Crippen LogP contribution < -0.4 is 5.73 Å². The largest absolute Gasteiger partial charge is 0.503 e. The first-order valence-corrected chi connectivity index (χ1v) is 4.02. The molecule has 0 aromatic carbocycles. The SMILES string of the molecule is C=CCN.ClC[C@@H]1CO1.O=C(O)O. The van der Waals surface area contributed by atoms with Crippen LogP contribution in [0.1, 0.15) is 0 Å². The van der Waals surface area contributed by atoms with Gasteiger partial charge in [0.1, 0.15) is 0 Å². The summed E-state index contributed by atoms with van der Waals surface area (Å²) >= 11 is 5.27. The topological polar surface area (TPSA) is 96.1 Å². The first kappa shape index (κ1) is 14.7. The molecular formula is C7H14ClNO4. The minimum atomic E-state index is -1.83. The molecule has 0 saturated carbocycles. The van der Waals surface area contributed by atoms with Crippen molar-refractivity contribution < 1.29 is 19.7 Å². The van der Waals surface area contributed by atoms with Gasteiger partial charge in [-0.1, -0.05) is 6.08 Å². The van der Waals surface area contributed by atoms with Crippen LogP contribution in [0.5, 0.6) is 0 Å². The summed E-state index contributed by atoms with van der Waals surface area (Å²) in [5.74, 6) is 0.667. The van der Waals surface area contributed by atoms with Crippen molar-refractivity contribution in [2.24, 2.45) is 5.73 Å². The molecule has 1 aliphatic heterocycles. The van der Waals surface area contributed by atoms with Crippen LogP contribution in [0.4, 0.5) is 4.79 Å². The number of hydrogen-bond acceptors (Lipinski definition) is 3. The monoisotopic (exact) mass is 211 g/mol. The highest BCUT2D eigenvalue weighted by molar-refractivity contribution is 6.18. The Labute approximate surface area is 81.8 Å². The van der Waals surface area contributed by atoms with E-state index in [2.05, 4.69) is 6.58 Å². The Bertz CT molecular complexity index is 134. The number of alkyl halides is 1. The average molecular weight is 212 g/mol. The minimum Gasteiger partial charge on any atom is -0.450 e. The van der Waals surface area contributed by atoms with E-state index in [9.17, 15) is 0 Å². The van der Waals surface area contributed by atoms with Gasteiger partial charge in [-0.05, 0) is 0 Å². The summed E-state index contributed by atoms with van der Waals surface area (Å²) in [6.45, 7) is 4.82. The summed E-state index contributed by atoms with van der Waals surface area (Å²) in [5, 5.41) is 13.9. The third-order valence-corrected chi connectivity index (χ3v) is 1.09. The van der Waals surface area contributed by atoms with Gasteiger partial charge in [-0.25, -0.2) is 4.79 Å². The molecular weight excluding hydrogens is 198 g/mol. The van der Waals surface area contributed by atoms with Crippen molar-refractivity contribution in [2.45, 2.75) is 6.10 Å². The number of carbonyl (C=O) groups is 1. The molecule has 0 unspecified atom stereocenters. The summed E-state index contributed by atoms with van der Waals surface area (Å²) in [7, 11) is 0. The molecule has 6 heteroatoms. The van der Waals surface area contributed by atoms with Gasteiger partial charge in [0.25, 0.3) is 0 Å². The predicted octanol–water partition coefficient (Wildman–Crippen LogP) is 0.978. The van der Waals surface area contributed by atoms with Crippen LogP contribution in [-0.2, 0) is 4.74 Å². The van der Waals surface area contributed by atoms with Crippen LogP contribution in [0.2, 0.25) is 0 Å². The molecule has 78 valence electrons. The third-order valence-electron chi connectivity index (χ3n) is 0.741. The first-order valence-electron chi connectivity index (χ1n) is 3.48. The van der Waals surface area contributed by atoms with E-state index < -0.39 is 6.16 Å². The van der Waals surface area contributed by atoms with Crippen LogP contribution in [-0.4, -0.2) is 41.5 Å². The van der Waals surface area contributed by atoms with Gasteiger partial charge in [0.05, 0.1) is 18.6 Å². The lowest BCUT2D eigenvalue weighted by atomic mass is 10.6. The van der Waals surface area contributed by atoms with E-state index in [1.54, 1.807) is 6.08 Å². The Hall–Kier alpha value is -0.780. The van der Waals surface area contributed by atoms with Crippen LogP contribution in [0.15, 0.2) is 12.7 Å². The van der Waals surface area contributed by atoms with Crippen molar-refractivity contribution in [1.29, 1.82) is 0 Å². The van der Waals surface area contributed by atoms with Crippen LogP contribution in [0.25, 0.3) is 0 Å². The van der Waals surface area contributed by atoms with E-state index in [0.29, 0.717) is 18.5 Å². The fraction of sp³-hybridized carbons (Fsp3) is 0.571. The number of epoxide rings is 1. The van der Waals surface area contributed by atoms with Gasteiger partial charge >= 0.3 is 6.16 Å². The van der Waals surface area contributed by atoms with E-state index in [1.165, 1.54) is 0 Å². The highest BCUT2D eigenvalue weighted by Crippen LogP contribution is 2.08. The summed E-state index contributed by atoms with van der Waals surface area (Å²) in [6, 6.07) is 0. The van der Waals surface area contributed by atoms with Crippen LogP contribution in [0, 0.1) is 0 Å². The normalized spacial score (nSPS) is 16.9. The highest BCUT2D eigenvalue weighted by Gasteiger charge is 2.19. The van der Waals surface area contributed by atoms with Crippen LogP contribution in [0.3, 0.4) is 0 Å². The maximum atomic E-state index is 8.56. The second kappa shape index (κ2) is 11.2. The maximum absolute atomic E-state index is 8.56. The van der Waals surface area contributed by atoms with Gasteiger partial charge in [0.15, 0.2) is 0 Å². The molecule has 5 nitrogen and oxygen atoms in total. The van der Waals surface area contributed by atoms with Gasteiger partial charge in [-0.3, -0.25) is 0 Å². The molecule has 0 aromatic rings. The number of rotatable bonds is 2. The molecule has 0 spiro atoms. The Morgan fingerprint density at radius 1 is 1.77 bits per heavy atom. The van der Waals surface area contributed by atoms with E-state index in [0.717, 1.165) is 6.61 Å². The van der Waals surface area contributed by atoms with Crippen molar-refractivity contribution >= 4 is 17.8 Å². The molecule has 13 heavy (non-hydrogen) atoms. The molecule has 1 saturated heterocycles. The average Bonchev–Trinajstić information content (AvgIpc) is 2.86. The molecule has 1 aliphatic rings. The second-order valence-electron chi connectivity index (χ2n) is 1.92. The zero-order valence-corrected chi connectivity index (χ0v) is 7.91. The lowest BCUT2D eigenvalue weighted by Gasteiger charge is -1.67. The summed E-state index contributed by atoms with van der Waals surface area (Å²) < 4.78 is 4.73. The van der Waals surface area contributed by atoms with Gasteiger partial charge in [0, 0.05) is 6.54 Å². The van der Waals surface area contributed by atoms with Crippen molar-refractivity contribution in [3.8, 4) is 0 Å². The molecule has 1 rings (SSSR count). The van der Waals surface area contributed by atoms with Gasteiger partial charge in [-0.15, -0.1) is 18.2 Å². The molecule has 0 radical (unpaired) electrons. The van der Waals surface area contributed by atoms with E-state index in [1.807, 2.05) is 0 Å². The first-order chi connectivity index (χ1) is 6.08. The lowest BCUT2D eigenvalue weighted by Crippen LogP contribution is -1.90. The molecule has 0 bridgehead atoms. The van der Waals surface area contributed by atoms with Gasteiger partial charge < -0.3 is 20.7 Å². The van der Waals surface area contributed by atoms with Crippen LogP contribution >= 0.6 is 11.6 Å². The number of nitrogens with two attached hydrogens (primary N) is 1. The molecule has 4 N–H and O–H groups in total. The second-order valence-corrected chi connectivity index (χ2v) is 2.23. The smallest absolute Gasteiger partial charge is 0.450 e. The van der Waals surface area contributed by atoms with Gasteiger partial charge in [0.2, 0.25) is 0 Å². The van der Waals surface area contributed by atoms with E-state index in [-0.39, 0.29) is 0 Å². The predicted molar refractivity (Wildman–Crippen MR) is 50.4 cm³/mol.